The van der Waals surface area contributed by atoms with E-state index in [2.05, 4.69) is 16.8 Å². The molecule has 0 spiro atoms. The highest BCUT2D eigenvalue weighted by molar-refractivity contribution is 4.85. The number of likely N-dealkylation sites (N-methyl/N-ethyl adjacent to an activating group) is 1. The van der Waals surface area contributed by atoms with E-state index in [1.807, 2.05) is 27.7 Å². The van der Waals surface area contributed by atoms with Crippen LogP contribution in [0.25, 0.3) is 0 Å². The van der Waals surface area contributed by atoms with Gasteiger partial charge in [-0.1, -0.05) is 27.7 Å². The van der Waals surface area contributed by atoms with Gasteiger partial charge in [-0.25, -0.2) is 0 Å². The number of rotatable bonds is 1. The Kier molecular flexibility index (Phi) is 8.20. The monoisotopic (exact) mass is 200 g/mol. The second-order valence-corrected chi connectivity index (χ2v) is 3.59. The van der Waals surface area contributed by atoms with Gasteiger partial charge in [-0.05, 0) is 39.5 Å². The van der Waals surface area contributed by atoms with Gasteiger partial charge >= 0.3 is 0 Å². The first-order chi connectivity index (χ1) is 6.86. The molecule has 2 fully saturated rings. The summed E-state index contributed by atoms with van der Waals surface area (Å²) in [6.45, 7) is 13.3. The molecule has 0 bridgehead atoms. The predicted octanol–water partition coefficient (Wildman–Crippen LogP) is 2.45. The van der Waals surface area contributed by atoms with Crippen LogP contribution in [0.4, 0.5) is 0 Å². The first-order valence-corrected chi connectivity index (χ1v) is 6.29. The lowest BCUT2D eigenvalue weighted by atomic mass is 10.1. The van der Waals surface area contributed by atoms with Gasteiger partial charge in [0.25, 0.3) is 0 Å². The fourth-order valence-electron chi connectivity index (χ4n) is 1.92. The van der Waals surface area contributed by atoms with Gasteiger partial charge in [0, 0.05) is 12.6 Å². The Morgan fingerprint density at radius 1 is 0.929 bits per heavy atom. The van der Waals surface area contributed by atoms with Crippen LogP contribution < -0.4 is 0 Å². The average Bonchev–Trinajstić information content (AvgIpc) is 2.56. The molecule has 1 atom stereocenters. The lowest BCUT2D eigenvalue weighted by Crippen LogP contribution is -2.46. The van der Waals surface area contributed by atoms with Gasteiger partial charge in [-0.2, -0.15) is 0 Å². The van der Waals surface area contributed by atoms with Crippen molar-refractivity contribution in [3.05, 3.63) is 0 Å². The summed E-state index contributed by atoms with van der Waals surface area (Å²) in [7, 11) is 2.22. The molecule has 2 heteroatoms. The van der Waals surface area contributed by atoms with Crippen molar-refractivity contribution in [2.24, 2.45) is 0 Å². The molecule has 86 valence electrons. The van der Waals surface area contributed by atoms with E-state index in [0.29, 0.717) is 0 Å². The summed E-state index contributed by atoms with van der Waals surface area (Å²) in [5, 5.41) is 0. The van der Waals surface area contributed by atoms with E-state index in [4.69, 9.17) is 0 Å². The van der Waals surface area contributed by atoms with Crippen molar-refractivity contribution in [3.8, 4) is 0 Å². The van der Waals surface area contributed by atoms with Gasteiger partial charge in [0.1, 0.15) is 0 Å². The van der Waals surface area contributed by atoms with Crippen molar-refractivity contribution >= 4 is 0 Å². The maximum absolute atomic E-state index is 2.61. The standard InChI is InChI=1S/C8H16N2.2C2H6/c1-9-6-3-8(7-9)10-4-2-5-10;2*1-2/h8H,2-7H2,1H3;2*1-2H3. The molecular formula is C12H28N2. The zero-order valence-electron chi connectivity index (χ0n) is 10.7. The quantitative estimate of drug-likeness (QED) is 0.641. The molecule has 0 aromatic rings. The van der Waals surface area contributed by atoms with Crippen LogP contribution in [-0.2, 0) is 0 Å². The average molecular weight is 200 g/mol. The van der Waals surface area contributed by atoms with Gasteiger partial charge in [0.2, 0.25) is 0 Å². The third kappa shape index (κ3) is 3.97. The second-order valence-electron chi connectivity index (χ2n) is 3.59. The smallest absolute Gasteiger partial charge is 0.0235 e. The molecule has 0 amide bonds. The highest BCUT2D eigenvalue weighted by atomic mass is 15.3. The maximum Gasteiger partial charge on any atom is 0.0235 e. The van der Waals surface area contributed by atoms with Crippen molar-refractivity contribution in [1.82, 2.24) is 9.80 Å². The molecule has 0 aliphatic carbocycles. The van der Waals surface area contributed by atoms with Crippen LogP contribution in [0.2, 0.25) is 0 Å². The molecular weight excluding hydrogens is 172 g/mol. The number of hydrogen-bond acceptors (Lipinski definition) is 2. The van der Waals surface area contributed by atoms with Crippen molar-refractivity contribution in [3.63, 3.8) is 0 Å². The van der Waals surface area contributed by atoms with E-state index in [0.717, 1.165) is 6.04 Å². The first kappa shape index (κ1) is 13.9. The molecule has 14 heavy (non-hydrogen) atoms. The van der Waals surface area contributed by atoms with Crippen LogP contribution in [0.1, 0.15) is 40.5 Å². The molecule has 0 aromatic carbocycles. The Bertz CT molecular complexity index is 121. The van der Waals surface area contributed by atoms with Crippen LogP contribution in [0.5, 0.6) is 0 Å². The van der Waals surface area contributed by atoms with Gasteiger partial charge < -0.3 is 4.90 Å². The zero-order chi connectivity index (χ0) is 11.0. The van der Waals surface area contributed by atoms with Crippen LogP contribution in [-0.4, -0.2) is 49.1 Å². The topological polar surface area (TPSA) is 6.48 Å². The molecule has 2 rings (SSSR count). The van der Waals surface area contributed by atoms with Crippen molar-refractivity contribution in [1.29, 1.82) is 0 Å². The number of hydrogen-bond donors (Lipinski definition) is 0. The summed E-state index contributed by atoms with van der Waals surface area (Å²) in [6.07, 6.45) is 2.83. The third-order valence-corrected chi connectivity index (χ3v) is 2.77. The minimum absolute atomic E-state index is 0.902. The molecule has 2 aliphatic heterocycles. The van der Waals surface area contributed by atoms with Crippen molar-refractivity contribution in [2.75, 3.05) is 33.2 Å². The van der Waals surface area contributed by atoms with Gasteiger partial charge in [0.15, 0.2) is 0 Å². The van der Waals surface area contributed by atoms with Crippen molar-refractivity contribution in [2.45, 2.75) is 46.6 Å². The molecule has 0 saturated carbocycles. The van der Waals surface area contributed by atoms with Gasteiger partial charge in [-0.15, -0.1) is 0 Å². The minimum atomic E-state index is 0.902. The van der Waals surface area contributed by atoms with Crippen LogP contribution in [0.3, 0.4) is 0 Å². The summed E-state index contributed by atoms with van der Waals surface area (Å²) in [6, 6.07) is 0.902. The minimum Gasteiger partial charge on any atom is -0.305 e. The zero-order valence-corrected chi connectivity index (χ0v) is 10.7. The molecule has 0 aromatic heterocycles. The molecule has 2 heterocycles. The largest absolute Gasteiger partial charge is 0.305 e. The summed E-state index contributed by atoms with van der Waals surface area (Å²) in [5.74, 6) is 0. The third-order valence-electron chi connectivity index (χ3n) is 2.77. The Morgan fingerprint density at radius 2 is 1.50 bits per heavy atom. The summed E-state index contributed by atoms with van der Waals surface area (Å²) in [5.41, 5.74) is 0. The molecule has 2 nitrogen and oxygen atoms in total. The fourth-order valence-corrected chi connectivity index (χ4v) is 1.92. The molecule has 2 aliphatic rings. The van der Waals surface area contributed by atoms with E-state index in [-0.39, 0.29) is 0 Å². The normalized spacial score (nSPS) is 26.8. The summed E-state index contributed by atoms with van der Waals surface area (Å²) >= 11 is 0. The van der Waals surface area contributed by atoms with Crippen LogP contribution in [0, 0.1) is 0 Å². The van der Waals surface area contributed by atoms with Crippen molar-refractivity contribution < 1.29 is 0 Å². The van der Waals surface area contributed by atoms with E-state index in [9.17, 15) is 0 Å². The highest BCUT2D eigenvalue weighted by Crippen LogP contribution is 2.18. The second kappa shape index (κ2) is 8.25. The Hall–Kier alpha value is -0.0800. The fraction of sp³-hybridized carbons (Fsp3) is 1.00. The number of likely N-dealkylation sites (tertiary alicyclic amines) is 2. The Balaban J connectivity index is 0.000000379. The molecule has 0 radical (unpaired) electrons. The SMILES string of the molecule is CC.CC.CN1CCC(N2CCC2)C1. The van der Waals surface area contributed by atoms with E-state index in [1.165, 1.54) is 39.0 Å². The molecule has 2 saturated heterocycles. The Morgan fingerprint density at radius 3 is 1.79 bits per heavy atom. The van der Waals surface area contributed by atoms with Gasteiger partial charge in [-0.3, -0.25) is 4.90 Å². The predicted molar refractivity (Wildman–Crippen MR) is 64.8 cm³/mol. The first-order valence-electron chi connectivity index (χ1n) is 6.29. The van der Waals surface area contributed by atoms with E-state index >= 15 is 0 Å². The van der Waals surface area contributed by atoms with E-state index < -0.39 is 0 Å². The number of nitrogens with zero attached hydrogens (tertiary/aromatic N) is 2. The van der Waals surface area contributed by atoms with E-state index in [1.54, 1.807) is 0 Å². The van der Waals surface area contributed by atoms with Crippen LogP contribution >= 0.6 is 0 Å². The Labute approximate surface area is 90.3 Å². The summed E-state index contributed by atoms with van der Waals surface area (Å²) < 4.78 is 0. The van der Waals surface area contributed by atoms with Crippen LogP contribution in [0.15, 0.2) is 0 Å². The summed E-state index contributed by atoms with van der Waals surface area (Å²) in [4.78, 5) is 5.05. The van der Waals surface area contributed by atoms with Gasteiger partial charge in [0.05, 0.1) is 0 Å². The molecule has 1 unspecified atom stereocenters. The highest BCUT2D eigenvalue weighted by Gasteiger charge is 2.28. The molecule has 0 N–H and O–H groups in total. The maximum atomic E-state index is 2.61. The lowest BCUT2D eigenvalue weighted by Gasteiger charge is -2.36. The lowest BCUT2D eigenvalue weighted by molar-refractivity contribution is 0.122.